The van der Waals surface area contributed by atoms with Crippen LogP contribution in [0.25, 0.3) is 0 Å². The van der Waals surface area contributed by atoms with Crippen molar-refractivity contribution in [1.29, 1.82) is 0 Å². The quantitative estimate of drug-likeness (QED) is 0.539. The zero-order valence-electron chi connectivity index (χ0n) is 12.7. The molecule has 0 radical (unpaired) electrons. The van der Waals surface area contributed by atoms with E-state index >= 15 is 0 Å². The molecule has 0 atom stereocenters. The molecule has 0 aliphatic rings. The molecule has 0 bridgehead atoms. The lowest BCUT2D eigenvalue weighted by Gasteiger charge is -2.14. The van der Waals surface area contributed by atoms with Crippen molar-refractivity contribution < 1.29 is 9.47 Å². The first-order valence-electron chi connectivity index (χ1n) is 7.12. The highest BCUT2D eigenvalue weighted by molar-refractivity contribution is 14.1. The van der Waals surface area contributed by atoms with E-state index in [2.05, 4.69) is 56.8 Å². The smallest absolute Gasteiger partial charge is 0.174 e. The van der Waals surface area contributed by atoms with Crippen molar-refractivity contribution in [3.8, 4) is 11.5 Å². The van der Waals surface area contributed by atoms with Crippen LogP contribution in [0.3, 0.4) is 0 Å². The maximum atomic E-state index is 5.78. The van der Waals surface area contributed by atoms with Gasteiger partial charge in [0.25, 0.3) is 0 Å². The van der Waals surface area contributed by atoms with Crippen LogP contribution in [0.5, 0.6) is 11.5 Å². The summed E-state index contributed by atoms with van der Waals surface area (Å²) in [6.07, 6.45) is 0.978. The molecule has 0 saturated heterocycles. The van der Waals surface area contributed by atoms with E-state index in [4.69, 9.17) is 9.47 Å². The summed E-state index contributed by atoms with van der Waals surface area (Å²) in [5.41, 5.74) is 2.25. The van der Waals surface area contributed by atoms with E-state index in [9.17, 15) is 0 Å². The minimum absolute atomic E-state index is 0.697. The van der Waals surface area contributed by atoms with Crippen molar-refractivity contribution in [3.05, 3.63) is 50.0 Å². The molecule has 0 aliphatic carbocycles. The second-order valence-electron chi connectivity index (χ2n) is 4.82. The number of methoxy groups -OCH3 is 1. The van der Waals surface area contributed by atoms with E-state index in [1.807, 2.05) is 30.3 Å². The van der Waals surface area contributed by atoms with Gasteiger partial charge in [0.2, 0.25) is 0 Å². The van der Waals surface area contributed by atoms with E-state index in [1.54, 1.807) is 7.11 Å². The monoisotopic (exact) mass is 475 g/mol. The molecule has 0 unspecified atom stereocenters. The lowest BCUT2D eigenvalue weighted by atomic mass is 10.2. The van der Waals surface area contributed by atoms with E-state index in [1.165, 1.54) is 0 Å². The fraction of sp³-hybridized carbons (Fsp3) is 0.294. The molecule has 2 rings (SSSR count). The summed E-state index contributed by atoms with van der Waals surface area (Å²) in [6.45, 7) is 3.53. The van der Waals surface area contributed by atoms with Crippen LogP contribution in [0.1, 0.15) is 18.9 Å². The summed E-state index contributed by atoms with van der Waals surface area (Å²) >= 11 is 5.73. The average Bonchev–Trinajstić information content (AvgIpc) is 2.53. The molecule has 1 N–H and O–H groups in total. The van der Waals surface area contributed by atoms with Gasteiger partial charge < -0.3 is 14.8 Å². The van der Waals surface area contributed by atoms with E-state index in [-0.39, 0.29) is 0 Å². The minimum Gasteiger partial charge on any atom is -0.493 e. The van der Waals surface area contributed by atoms with Gasteiger partial charge in [-0.25, -0.2) is 0 Å². The Morgan fingerprint density at radius 3 is 2.55 bits per heavy atom. The second-order valence-corrected chi connectivity index (χ2v) is 6.90. The van der Waals surface area contributed by atoms with Crippen LogP contribution in [0.4, 0.5) is 5.69 Å². The van der Waals surface area contributed by atoms with Crippen molar-refractivity contribution >= 4 is 44.2 Å². The molecule has 0 aliphatic heterocycles. The average molecular weight is 476 g/mol. The molecule has 0 fully saturated rings. The topological polar surface area (TPSA) is 30.5 Å². The van der Waals surface area contributed by atoms with E-state index < -0.39 is 0 Å². The van der Waals surface area contributed by atoms with Crippen LogP contribution < -0.4 is 14.8 Å². The number of nitrogens with one attached hydrogen (secondary N) is 1. The molecular weight excluding hydrogens is 457 g/mol. The molecule has 3 nitrogen and oxygen atoms in total. The number of anilines is 1. The maximum Gasteiger partial charge on any atom is 0.174 e. The third-order valence-corrected chi connectivity index (χ3v) is 4.41. The number of hydrogen-bond acceptors (Lipinski definition) is 3. The predicted molar refractivity (Wildman–Crippen MR) is 103 cm³/mol. The Morgan fingerprint density at radius 1 is 1.18 bits per heavy atom. The molecule has 0 aromatic heterocycles. The second kappa shape index (κ2) is 8.62. The standard InChI is InChI=1S/C17H19BrINO2/c1-3-8-22-17-15(19)9-12(10-16(17)21-2)11-20-14-6-4-13(18)5-7-14/h4-7,9-10,20H,3,8,11H2,1-2H3. The number of rotatable bonds is 7. The Balaban J connectivity index is 2.11. The Morgan fingerprint density at radius 2 is 1.91 bits per heavy atom. The molecule has 5 heteroatoms. The molecule has 0 spiro atoms. The predicted octanol–water partition coefficient (Wildman–Crippen LogP) is 5.46. The van der Waals surface area contributed by atoms with Gasteiger partial charge in [-0.2, -0.15) is 0 Å². The van der Waals surface area contributed by atoms with Gasteiger partial charge in [-0.3, -0.25) is 0 Å². The minimum atomic E-state index is 0.697. The number of hydrogen-bond donors (Lipinski definition) is 1. The van der Waals surface area contributed by atoms with E-state index in [0.29, 0.717) is 6.61 Å². The zero-order valence-corrected chi connectivity index (χ0v) is 16.4. The van der Waals surface area contributed by atoms with Gasteiger partial charge in [-0.05, 0) is 71.0 Å². The third kappa shape index (κ3) is 4.78. The zero-order chi connectivity index (χ0) is 15.9. The highest BCUT2D eigenvalue weighted by Crippen LogP contribution is 2.34. The molecule has 2 aromatic carbocycles. The van der Waals surface area contributed by atoms with Crippen LogP contribution in [0, 0.1) is 3.57 Å². The molecule has 0 amide bonds. The van der Waals surface area contributed by atoms with Gasteiger partial charge >= 0.3 is 0 Å². The maximum absolute atomic E-state index is 5.78. The van der Waals surface area contributed by atoms with Crippen molar-refractivity contribution in [2.24, 2.45) is 0 Å². The van der Waals surface area contributed by atoms with Gasteiger partial charge in [0.15, 0.2) is 11.5 Å². The normalized spacial score (nSPS) is 10.4. The molecule has 0 heterocycles. The van der Waals surface area contributed by atoms with Gasteiger partial charge in [0.05, 0.1) is 17.3 Å². The largest absolute Gasteiger partial charge is 0.493 e. The van der Waals surface area contributed by atoms with Crippen molar-refractivity contribution in [2.75, 3.05) is 19.0 Å². The Bertz CT molecular complexity index is 617. The fourth-order valence-electron chi connectivity index (χ4n) is 1.99. The number of benzene rings is 2. The SMILES string of the molecule is CCCOc1c(I)cc(CNc2ccc(Br)cc2)cc1OC. The summed E-state index contributed by atoms with van der Waals surface area (Å²) in [6, 6.07) is 12.3. The molecule has 2 aromatic rings. The summed E-state index contributed by atoms with van der Waals surface area (Å²) < 4.78 is 13.4. The highest BCUT2D eigenvalue weighted by atomic mass is 127. The highest BCUT2D eigenvalue weighted by Gasteiger charge is 2.11. The molecular formula is C17H19BrINO2. The Hall–Kier alpha value is -0.950. The number of ether oxygens (including phenoxy) is 2. The summed E-state index contributed by atoms with van der Waals surface area (Å²) in [4.78, 5) is 0. The van der Waals surface area contributed by atoms with E-state index in [0.717, 1.165) is 43.8 Å². The lowest BCUT2D eigenvalue weighted by molar-refractivity contribution is 0.292. The van der Waals surface area contributed by atoms with Crippen molar-refractivity contribution in [1.82, 2.24) is 0 Å². The first-order chi connectivity index (χ1) is 10.6. The van der Waals surface area contributed by atoms with Gasteiger partial charge in [-0.1, -0.05) is 22.9 Å². The van der Waals surface area contributed by atoms with Crippen LogP contribution in [-0.2, 0) is 6.54 Å². The number of halogens is 2. The first kappa shape index (κ1) is 17.4. The summed E-state index contributed by atoms with van der Waals surface area (Å²) in [5.74, 6) is 1.62. The van der Waals surface area contributed by atoms with Crippen LogP contribution in [0.2, 0.25) is 0 Å². The van der Waals surface area contributed by atoms with Gasteiger partial charge in [0, 0.05) is 16.7 Å². The molecule has 22 heavy (non-hydrogen) atoms. The lowest BCUT2D eigenvalue weighted by Crippen LogP contribution is -2.04. The molecule has 0 saturated carbocycles. The Labute approximate surface area is 153 Å². The van der Waals surface area contributed by atoms with Crippen LogP contribution in [0.15, 0.2) is 40.9 Å². The van der Waals surface area contributed by atoms with Gasteiger partial charge in [0.1, 0.15) is 0 Å². The van der Waals surface area contributed by atoms with Crippen LogP contribution in [-0.4, -0.2) is 13.7 Å². The molecule has 118 valence electrons. The van der Waals surface area contributed by atoms with Crippen molar-refractivity contribution in [3.63, 3.8) is 0 Å². The third-order valence-electron chi connectivity index (χ3n) is 3.08. The fourth-order valence-corrected chi connectivity index (χ4v) is 3.08. The Kier molecular flexibility index (Phi) is 6.82. The van der Waals surface area contributed by atoms with Crippen molar-refractivity contribution in [2.45, 2.75) is 19.9 Å². The van der Waals surface area contributed by atoms with Crippen LogP contribution >= 0.6 is 38.5 Å². The summed E-state index contributed by atoms with van der Waals surface area (Å²) in [7, 11) is 1.68. The van der Waals surface area contributed by atoms with Gasteiger partial charge in [-0.15, -0.1) is 0 Å². The summed E-state index contributed by atoms with van der Waals surface area (Å²) in [5, 5.41) is 3.41. The first-order valence-corrected chi connectivity index (χ1v) is 9.00.